The summed E-state index contributed by atoms with van der Waals surface area (Å²) in [7, 11) is 1.82. The molecule has 1 aliphatic rings. The molecule has 0 radical (unpaired) electrons. The standard InChI is InChI=1S/C43H42B2N/c1-27-20-21-34(25-36(27)41-24-30(4)33(7)26-46(41)8)35-22-31(5)43(32(6)23-35)45-39-18-11-9-16-37(39)44(38-17-10-12-19-40(38)45)42-28(2)14-13-15-29(42)3/h9-26H,1-8H3/q+1/i2D3,3D3,5D3,7D3. The first-order valence-electron chi connectivity index (χ1n) is 21.6. The van der Waals surface area contributed by atoms with Crippen molar-refractivity contribution in [1.82, 2.24) is 0 Å². The minimum absolute atomic E-state index is 0.0349. The third-order valence-corrected chi connectivity index (χ3v) is 9.63. The fourth-order valence-electron chi connectivity index (χ4n) is 7.35. The van der Waals surface area contributed by atoms with E-state index >= 15 is 0 Å². The Kier molecular flexibility index (Phi) is 4.84. The number of benzene rings is 5. The van der Waals surface area contributed by atoms with Crippen LogP contribution in [0.15, 0.2) is 109 Å². The Morgan fingerprint density at radius 2 is 1.02 bits per heavy atom. The molecule has 0 aliphatic carbocycles. The third kappa shape index (κ3) is 4.94. The first-order chi connectivity index (χ1) is 27.0. The molecular formula is C43H42B2N+. The topological polar surface area (TPSA) is 3.88 Å². The van der Waals surface area contributed by atoms with Crippen LogP contribution in [0.3, 0.4) is 0 Å². The number of fused-ring (bicyclic) bond motifs is 2. The van der Waals surface area contributed by atoms with E-state index in [2.05, 4.69) is 0 Å². The molecule has 0 unspecified atom stereocenters. The van der Waals surface area contributed by atoms with Crippen molar-refractivity contribution in [2.45, 2.75) is 48.2 Å². The number of aryl methyl sites for hydroxylation is 8. The van der Waals surface area contributed by atoms with Crippen LogP contribution < -0.4 is 37.3 Å². The Morgan fingerprint density at radius 3 is 1.59 bits per heavy atom. The van der Waals surface area contributed by atoms with Crippen LogP contribution in [0.25, 0.3) is 22.4 Å². The van der Waals surface area contributed by atoms with Crippen molar-refractivity contribution in [3.8, 4) is 22.4 Å². The zero-order chi connectivity index (χ0) is 42.3. The number of pyridine rings is 1. The molecule has 0 saturated carbocycles. The Bertz CT molecular complexity index is 2510. The van der Waals surface area contributed by atoms with Crippen LogP contribution in [-0.4, -0.2) is 13.4 Å². The van der Waals surface area contributed by atoms with Crippen LogP contribution in [0.2, 0.25) is 0 Å². The monoisotopic (exact) mass is 606 g/mol. The Labute approximate surface area is 293 Å². The molecule has 0 bridgehead atoms. The van der Waals surface area contributed by atoms with Crippen molar-refractivity contribution in [1.29, 1.82) is 0 Å². The molecule has 0 N–H and O–H groups in total. The normalized spacial score (nSPS) is 17.2. The van der Waals surface area contributed by atoms with Crippen LogP contribution >= 0.6 is 0 Å². The largest absolute Gasteiger partial charge is 0.240 e. The van der Waals surface area contributed by atoms with E-state index in [0.29, 0.717) is 27.5 Å². The highest BCUT2D eigenvalue weighted by molar-refractivity contribution is 7.11. The predicted molar refractivity (Wildman–Crippen MR) is 200 cm³/mol. The molecule has 1 nitrogen and oxygen atoms in total. The maximum absolute atomic E-state index is 8.92. The van der Waals surface area contributed by atoms with Gasteiger partial charge in [-0.3, -0.25) is 0 Å². The second-order valence-corrected chi connectivity index (χ2v) is 12.5. The lowest BCUT2D eigenvalue weighted by Crippen LogP contribution is -2.75. The lowest BCUT2D eigenvalue weighted by atomic mass is 9.20. The molecule has 46 heavy (non-hydrogen) atoms. The van der Waals surface area contributed by atoms with Gasteiger partial charge in [-0.25, -0.2) is 4.57 Å². The highest BCUT2D eigenvalue weighted by Crippen LogP contribution is 2.29. The fourth-order valence-corrected chi connectivity index (χ4v) is 7.35. The van der Waals surface area contributed by atoms with Crippen LogP contribution in [0, 0.1) is 48.2 Å². The maximum Gasteiger partial charge on any atom is 0.240 e. The van der Waals surface area contributed by atoms with E-state index in [1.807, 2.05) is 104 Å². The third-order valence-electron chi connectivity index (χ3n) is 9.63. The molecular weight excluding hydrogens is 552 g/mol. The molecule has 1 aromatic heterocycles. The van der Waals surface area contributed by atoms with Gasteiger partial charge in [0.2, 0.25) is 19.1 Å². The molecule has 0 amide bonds. The van der Waals surface area contributed by atoms with Crippen molar-refractivity contribution in [3.05, 3.63) is 148 Å². The highest BCUT2D eigenvalue weighted by Gasteiger charge is 2.40. The first kappa shape index (κ1) is 19.1. The molecule has 2 heterocycles. The summed E-state index contributed by atoms with van der Waals surface area (Å²) in [5, 5.41) is 0. The fraction of sp³-hybridized carbons (Fsp3) is 0.186. The van der Waals surface area contributed by atoms with Crippen LogP contribution in [0.4, 0.5) is 0 Å². The van der Waals surface area contributed by atoms with Gasteiger partial charge in [-0.1, -0.05) is 146 Å². The second-order valence-electron chi connectivity index (χ2n) is 12.5. The first-order valence-corrected chi connectivity index (χ1v) is 15.6. The van der Waals surface area contributed by atoms with E-state index in [4.69, 9.17) is 16.4 Å². The minimum atomic E-state index is -2.61. The Morgan fingerprint density at radius 1 is 0.478 bits per heavy atom. The maximum atomic E-state index is 8.92. The average Bonchev–Trinajstić information content (AvgIpc) is 3.13. The van der Waals surface area contributed by atoms with Gasteiger partial charge in [-0.05, 0) is 76.5 Å². The molecule has 6 aromatic rings. The van der Waals surface area contributed by atoms with E-state index in [1.54, 1.807) is 19.2 Å². The summed E-state index contributed by atoms with van der Waals surface area (Å²) in [4.78, 5) is 0. The van der Waals surface area contributed by atoms with Gasteiger partial charge in [0.05, 0.1) is 0 Å². The number of hydrogen-bond acceptors (Lipinski definition) is 0. The predicted octanol–water partition coefficient (Wildman–Crippen LogP) is 5.35. The van der Waals surface area contributed by atoms with E-state index in [1.165, 1.54) is 18.2 Å². The van der Waals surface area contributed by atoms with Crippen molar-refractivity contribution in [2.75, 3.05) is 0 Å². The van der Waals surface area contributed by atoms with Gasteiger partial charge >= 0.3 is 0 Å². The van der Waals surface area contributed by atoms with Gasteiger partial charge in [0.25, 0.3) is 0 Å². The van der Waals surface area contributed by atoms with Crippen molar-refractivity contribution in [2.24, 2.45) is 7.05 Å². The Balaban J connectivity index is 1.45. The summed E-state index contributed by atoms with van der Waals surface area (Å²) in [6.45, 7) is -5.65. The van der Waals surface area contributed by atoms with Gasteiger partial charge in [0, 0.05) is 33.6 Å². The summed E-state index contributed by atoms with van der Waals surface area (Å²) in [5.74, 6) is 0. The lowest BCUT2D eigenvalue weighted by Gasteiger charge is -2.34. The number of hydrogen-bond donors (Lipinski definition) is 0. The van der Waals surface area contributed by atoms with E-state index in [-0.39, 0.29) is 27.7 Å². The highest BCUT2D eigenvalue weighted by atomic mass is 14.9. The second kappa shape index (κ2) is 11.6. The van der Waals surface area contributed by atoms with Crippen LogP contribution in [-0.2, 0) is 7.05 Å². The summed E-state index contributed by atoms with van der Waals surface area (Å²) in [6, 6.07) is 31.1. The van der Waals surface area contributed by atoms with Gasteiger partial charge in [-0.15, -0.1) is 0 Å². The molecule has 0 atom stereocenters. The van der Waals surface area contributed by atoms with Crippen molar-refractivity contribution >= 4 is 46.2 Å². The average molecular weight is 607 g/mol. The van der Waals surface area contributed by atoms with Gasteiger partial charge in [-0.2, -0.15) is 0 Å². The van der Waals surface area contributed by atoms with E-state index in [9.17, 15) is 0 Å². The summed E-state index contributed by atoms with van der Waals surface area (Å²) >= 11 is 0. The SMILES string of the molecule is [2H]C([2H])([2H])c1c[n+](C)c(-c2cc(-c3cc(C)c(B4c5ccccc5B(c5c(C([2H])([2H])[2H])cccc5C([2H])([2H])[2H])c5ccccc54)c(C([2H])([2H])[2H])c3)ccc2C)cc1C. The molecule has 0 spiro atoms. The smallest absolute Gasteiger partial charge is 0.201 e. The van der Waals surface area contributed by atoms with Crippen molar-refractivity contribution in [3.63, 3.8) is 0 Å². The molecule has 224 valence electrons. The van der Waals surface area contributed by atoms with Gasteiger partial charge < -0.3 is 0 Å². The number of rotatable bonds is 4. The van der Waals surface area contributed by atoms with E-state index < -0.39 is 40.8 Å². The van der Waals surface area contributed by atoms with Crippen LogP contribution in [0.1, 0.15) is 55.4 Å². The lowest BCUT2D eigenvalue weighted by molar-refractivity contribution is -0.660. The Hall–Kier alpha value is -4.62. The number of nitrogens with zero attached hydrogens (tertiary/aromatic N) is 1. The molecule has 1 aliphatic heterocycles. The van der Waals surface area contributed by atoms with Crippen LogP contribution in [0.5, 0.6) is 0 Å². The number of aromatic nitrogens is 1. The van der Waals surface area contributed by atoms with Gasteiger partial charge in [0.1, 0.15) is 7.05 Å². The molecule has 7 rings (SSSR count). The van der Waals surface area contributed by atoms with E-state index in [0.717, 1.165) is 38.9 Å². The zero-order valence-electron chi connectivity index (χ0n) is 38.5. The molecule has 0 fully saturated rings. The molecule has 5 aromatic carbocycles. The van der Waals surface area contributed by atoms with Gasteiger partial charge in [0.15, 0.2) is 6.20 Å². The zero-order valence-corrected chi connectivity index (χ0v) is 26.5. The minimum Gasteiger partial charge on any atom is -0.201 e. The summed E-state index contributed by atoms with van der Waals surface area (Å²) < 4.78 is 103. The summed E-state index contributed by atoms with van der Waals surface area (Å²) in [6.07, 6.45) is 1.64. The summed E-state index contributed by atoms with van der Waals surface area (Å²) in [5.41, 5.74) is 9.73. The molecule has 3 heteroatoms. The molecule has 0 saturated heterocycles. The quantitative estimate of drug-likeness (QED) is 0.188. The van der Waals surface area contributed by atoms with Crippen molar-refractivity contribution < 1.29 is 21.0 Å².